The summed E-state index contributed by atoms with van der Waals surface area (Å²) in [5.74, 6) is 0.567. The Morgan fingerprint density at radius 2 is 2.33 bits per heavy atom. The highest BCUT2D eigenvalue weighted by Crippen LogP contribution is 2.13. The normalized spacial score (nSPS) is 9.17. The summed E-state index contributed by atoms with van der Waals surface area (Å²) in [6.45, 7) is 1.46. The minimum atomic E-state index is -0.0893. The van der Waals surface area contributed by atoms with Crippen molar-refractivity contribution in [2.24, 2.45) is 0 Å². The zero-order chi connectivity index (χ0) is 8.97. The highest BCUT2D eigenvalue weighted by atomic mass is 16.5. The Balaban J connectivity index is 2.71. The zero-order valence-electron chi connectivity index (χ0n) is 7.05. The number of ether oxygens (including phenoxy) is 1. The molecule has 1 N–H and O–H groups in total. The van der Waals surface area contributed by atoms with Crippen molar-refractivity contribution in [3.05, 3.63) is 24.3 Å². The van der Waals surface area contributed by atoms with E-state index in [2.05, 4.69) is 11.4 Å². The minimum Gasteiger partial charge on any atom is -0.496 e. The molecule has 1 aromatic rings. The van der Waals surface area contributed by atoms with Gasteiger partial charge in [0.25, 0.3) is 0 Å². The number of nitrogens with one attached hydrogen (secondary N) is 1. The van der Waals surface area contributed by atoms with E-state index in [4.69, 9.17) is 4.74 Å². The predicted octanol–water partition coefficient (Wildman–Crippen LogP) is 1.45. The van der Waals surface area contributed by atoms with Crippen LogP contribution in [0, 0.1) is 6.07 Å². The molecular weight excluding hydrogens is 154 g/mol. The summed E-state index contributed by atoms with van der Waals surface area (Å²) in [6.07, 6.45) is 0. The molecule has 0 bridgehead atoms. The van der Waals surface area contributed by atoms with E-state index in [0.29, 0.717) is 5.75 Å². The molecule has 3 nitrogen and oxygen atoms in total. The monoisotopic (exact) mass is 164 g/mol. The fourth-order valence-electron chi connectivity index (χ4n) is 0.819. The number of hydrogen-bond donors (Lipinski definition) is 1. The van der Waals surface area contributed by atoms with Gasteiger partial charge in [-0.3, -0.25) is 4.79 Å². The van der Waals surface area contributed by atoms with Crippen molar-refractivity contribution in [1.29, 1.82) is 0 Å². The van der Waals surface area contributed by atoms with Crippen LogP contribution < -0.4 is 10.1 Å². The average molecular weight is 164 g/mol. The van der Waals surface area contributed by atoms with Gasteiger partial charge in [-0.05, 0) is 18.2 Å². The SMILES string of the molecule is COc1[c]cc(NC(C)=O)cc1. The Bertz CT molecular complexity index is 266. The molecule has 0 aliphatic carbocycles. The van der Waals surface area contributed by atoms with Gasteiger partial charge >= 0.3 is 0 Å². The molecule has 63 valence electrons. The highest BCUT2D eigenvalue weighted by molar-refractivity contribution is 5.88. The first-order chi connectivity index (χ1) is 5.72. The molecule has 0 atom stereocenters. The van der Waals surface area contributed by atoms with Crippen molar-refractivity contribution >= 4 is 11.6 Å². The molecule has 12 heavy (non-hydrogen) atoms. The number of amides is 1. The second-order valence-corrected chi connectivity index (χ2v) is 2.33. The van der Waals surface area contributed by atoms with Crippen molar-refractivity contribution in [2.45, 2.75) is 6.92 Å². The molecule has 1 amide bonds. The van der Waals surface area contributed by atoms with Gasteiger partial charge < -0.3 is 10.1 Å². The second kappa shape index (κ2) is 3.76. The first-order valence-corrected chi connectivity index (χ1v) is 3.55. The van der Waals surface area contributed by atoms with E-state index < -0.39 is 0 Å². The quantitative estimate of drug-likeness (QED) is 0.718. The summed E-state index contributed by atoms with van der Waals surface area (Å²) >= 11 is 0. The van der Waals surface area contributed by atoms with Gasteiger partial charge in [0, 0.05) is 18.7 Å². The molecular formula is C9H10NO2. The maximum atomic E-state index is 10.6. The molecule has 1 rings (SSSR count). The number of rotatable bonds is 2. The number of hydrogen-bond acceptors (Lipinski definition) is 2. The van der Waals surface area contributed by atoms with Crippen molar-refractivity contribution < 1.29 is 9.53 Å². The van der Waals surface area contributed by atoms with E-state index in [1.165, 1.54) is 6.92 Å². The summed E-state index contributed by atoms with van der Waals surface area (Å²) < 4.78 is 4.91. The van der Waals surface area contributed by atoms with Crippen molar-refractivity contribution in [1.82, 2.24) is 0 Å². The Morgan fingerprint density at radius 3 is 2.75 bits per heavy atom. The number of anilines is 1. The Labute approximate surface area is 71.4 Å². The van der Waals surface area contributed by atoms with Crippen LogP contribution >= 0.6 is 0 Å². The van der Waals surface area contributed by atoms with Gasteiger partial charge in [-0.25, -0.2) is 0 Å². The first-order valence-electron chi connectivity index (χ1n) is 3.55. The van der Waals surface area contributed by atoms with Crippen LogP contribution in [0.2, 0.25) is 0 Å². The van der Waals surface area contributed by atoms with Gasteiger partial charge in [-0.2, -0.15) is 0 Å². The Kier molecular flexibility index (Phi) is 2.69. The number of benzene rings is 1. The molecule has 0 saturated carbocycles. The van der Waals surface area contributed by atoms with Crippen LogP contribution in [0.3, 0.4) is 0 Å². The smallest absolute Gasteiger partial charge is 0.221 e. The summed E-state index contributed by atoms with van der Waals surface area (Å²) in [5, 5.41) is 2.63. The fraction of sp³-hybridized carbons (Fsp3) is 0.222. The summed E-state index contributed by atoms with van der Waals surface area (Å²) in [4.78, 5) is 10.6. The van der Waals surface area contributed by atoms with Gasteiger partial charge in [0.2, 0.25) is 5.91 Å². The summed E-state index contributed by atoms with van der Waals surface area (Å²) in [7, 11) is 1.57. The molecule has 3 heteroatoms. The van der Waals surface area contributed by atoms with Crippen LogP contribution in [0.5, 0.6) is 5.75 Å². The summed E-state index contributed by atoms with van der Waals surface area (Å²) in [5.41, 5.74) is 0.725. The van der Waals surface area contributed by atoms with Gasteiger partial charge in [0.15, 0.2) is 0 Å². The molecule has 0 saturated heterocycles. The molecule has 0 unspecified atom stereocenters. The third-order valence-electron chi connectivity index (χ3n) is 1.32. The maximum Gasteiger partial charge on any atom is 0.221 e. The van der Waals surface area contributed by atoms with Crippen LogP contribution in [0.25, 0.3) is 0 Å². The Hall–Kier alpha value is -1.51. The lowest BCUT2D eigenvalue weighted by molar-refractivity contribution is -0.114. The Morgan fingerprint density at radius 1 is 1.58 bits per heavy atom. The second-order valence-electron chi connectivity index (χ2n) is 2.33. The van der Waals surface area contributed by atoms with Gasteiger partial charge in [0.1, 0.15) is 5.75 Å². The van der Waals surface area contributed by atoms with E-state index in [9.17, 15) is 4.79 Å². The molecule has 0 aliphatic rings. The molecule has 0 aliphatic heterocycles. The highest BCUT2D eigenvalue weighted by Gasteiger charge is 1.95. The molecule has 0 spiro atoms. The van der Waals surface area contributed by atoms with Gasteiger partial charge in [-0.1, -0.05) is 0 Å². The van der Waals surface area contributed by atoms with E-state index >= 15 is 0 Å². The number of carbonyl (C=O) groups excluding carboxylic acids is 1. The van der Waals surface area contributed by atoms with Crippen LogP contribution in [0.1, 0.15) is 6.92 Å². The fourth-order valence-corrected chi connectivity index (χ4v) is 0.819. The van der Waals surface area contributed by atoms with Gasteiger partial charge in [0.05, 0.1) is 7.11 Å². The van der Waals surface area contributed by atoms with Crippen molar-refractivity contribution in [3.63, 3.8) is 0 Å². The standard InChI is InChI=1S/C9H10NO2/c1-7(11)10-8-3-5-9(12-2)6-4-8/h3-5H,1-2H3,(H,10,11). The van der Waals surface area contributed by atoms with E-state index in [1.54, 1.807) is 25.3 Å². The number of carbonyl (C=O) groups is 1. The maximum absolute atomic E-state index is 10.6. The molecule has 1 aromatic carbocycles. The molecule has 0 heterocycles. The van der Waals surface area contributed by atoms with Crippen molar-refractivity contribution in [2.75, 3.05) is 12.4 Å². The number of methoxy groups -OCH3 is 1. The topological polar surface area (TPSA) is 38.3 Å². The van der Waals surface area contributed by atoms with E-state index in [1.807, 2.05) is 0 Å². The third kappa shape index (κ3) is 2.27. The largest absolute Gasteiger partial charge is 0.496 e. The zero-order valence-corrected chi connectivity index (χ0v) is 7.05. The van der Waals surface area contributed by atoms with Gasteiger partial charge in [-0.15, -0.1) is 0 Å². The van der Waals surface area contributed by atoms with Crippen LogP contribution in [-0.4, -0.2) is 13.0 Å². The minimum absolute atomic E-state index is 0.0893. The lowest BCUT2D eigenvalue weighted by Gasteiger charge is -2.02. The molecule has 1 radical (unpaired) electrons. The van der Waals surface area contributed by atoms with Crippen LogP contribution in [0.4, 0.5) is 5.69 Å². The molecule has 0 fully saturated rings. The first kappa shape index (κ1) is 8.59. The van der Waals surface area contributed by atoms with E-state index in [-0.39, 0.29) is 5.91 Å². The summed E-state index contributed by atoms with van der Waals surface area (Å²) in [6, 6.07) is 8.02. The van der Waals surface area contributed by atoms with E-state index in [0.717, 1.165) is 5.69 Å². The third-order valence-corrected chi connectivity index (χ3v) is 1.32. The van der Waals surface area contributed by atoms with Crippen LogP contribution in [-0.2, 0) is 4.79 Å². The lowest BCUT2D eigenvalue weighted by atomic mass is 10.3. The van der Waals surface area contributed by atoms with Crippen LogP contribution in [0.15, 0.2) is 18.2 Å². The van der Waals surface area contributed by atoms with Crippen molar-refractivity contribution in [3.8, 4) is 5.75 Å². The molecule has 0 aromatic heterocycles. The average Bonchev–Trinajstić information content (AvgIpc) is 2.05. The predicted molar refractivity (Wildman–Crippen MR) is 46.1 cm³/mol. The lowest BCUT2D eigenvalue weighted by Crippen LogP contribution is -2.05.